The van der Waals surface area contributed by atoms with Crippen molar-refractivity contribution < 1.29 is 4.79 Å². The van der Waals surface area contributed by atoms with Crippen LogP contribution in [-0.2, 0) is 13.0 Å². The lowest BCUT2D eigenvalue weighted by atomic mass is 10.1. The summed E-state index contributed by atoms with van der Waals surface area (Å²) in [6.45, 7) is 6.42. The fourth-order valence-corrected chi connectivity index (χ4v) is 1.83. The predicted octanol–water partition coefficient (Wildman–Crippen LogP) is 1.82. The van der Waals surface area contributed by atoms with Crippen LogP contribution < -0.4 is 5.32 Å². The number of amides is 1. The molecule has 0 atom stereocenters. The Kier molecular flexibility index (Phi) is 4.45. The van der Waals surface area contributed by atoms with E-state index < -0.39 is 0 Å². The van der Waals surface area contributed by atoms with Crippen LogP contribution in [0.25, 0.3) is 0 Å². The van der Waals surface area contributed by atoms with Crippen LogP contribution in [-0.4, -0.2) is 26.1 Å². The van der Waals surface area contributed by atoms with Crippen LogP contribution in [0.5, 0.6) is 0 Å². The number of aromatic nitrogens is 4. The Morgan fingerprint density at radius 2 is 2.25 bits per heavy atom. The molecule has 20 heavy (non-hydrogen) atoms. The topological polar surface area (TPSA) is 83.6 Å². The maximum absolute atomic E-state index is 12.0. The van der Waals surface area contributed by atoms with Crippen LogP contribution in [0, 0.1) is 0 Å². The maximum Gasteiger partial charge on any atom is 0.291 e. The van der Waals surface area contributed by atoms with Gasteiger partial charge in [-0.05, 0) is 18.1 Å². The molecule has 0 spiro atoms. The summed E-state index contributed by atoms with van der Waals surface area (Å²) < 4.78 is 0. The summed E-state index contributed by atoms with van der Waals surface area (Å²) in [5.74, 6) is 0.803. The third-order valence-corrected chi connectivity index (χ3v) is 3.03. The van der Waals surface area contributed by atoms with E-state index in [0.717, 1.165) is 17.7 Å². The second-order valence-corrected chi connectivity index (χ2v) is 4.84. The van der Waals surface area contributed by atoms with Gasteiger partial charge < -0.3 is 5.32 Å². The summed E-state index contributed by atoms with van der Waals surface area (Å²) in [6, 6.07) is 3.91. The highest BCUT2D eigenvalue weighted by Crippen LogP contribution is 2.08. The van der Waals surface area contributed by atoms with Crippen molar-refractivity contribution in [2.45, 2.75) is 39.7 Å². The molecule has 2 N–H and O–H groups in total. The number of carbonyl (C=O) groups excluding carboxylic acids is 1. The highest BCUT2D eigenvalue weighted by molar-refractivity contribution is 5.90. The molecule has 6 heteroatoms. The van der Waals surface area contributed by atoms with Crippen molar-refractivity contribution in [3.8, 4) is 0 Å². The average Bonchev–Trinajstić information content (AvgIpc) is 2.95. The van der Waals surface area contributed by atoms with Gasteiger partial charge in [0, 0.05) is 12.1 Å². The first-order valence-electron chi connectivity index (χ1n) is 6.75. The minimum Gasteiger partial charge on any atom is -0.344 e. The Balaban J connectivity index is 2.01. The fourth-order valence-electron chi connectivity index (χ4n) is 1.83. The lowest BCUT2D eigenvalue weighted by Gasteiger charge is -2.06. The minimum atomic E-state index is -0.291. The maximum atomic E-state index is 12.0. The van der Waals surface area contributed by atoms with Gasteiger partial charge in [0.1, 0.15) is 5.82 Å². The molecule has 0 aliphatic heterocycles. The van der Waals surface area contributed by atoms with Crippen molar-refractivity contribution in [3.05, 3.63) is 41.2 Å². The molecule has 0 aliphatic carbocycles. The Morgan fingerprint density at radius 1 is 1.45 bits per heavy atom. The van der Waals surface area contributed by atoms with Gasteiger partial charge in [-0.15, -0.1) is 5.10 Å². The number of aryl methyl sites for hydroxylation is 1. The number of nitrogens with one attached hydrogen (secondary N) is 2. The van der Waals surface area contributed by atoms with Crippen molar-refractivity contribution in [2.75, 3.05) is 0 Å². The molecule has 2 rings (SSSR count). The molecule has 2 aromatic heterocycles. The van der Waals surface area contributed by atoms with Crippen molar-refractivity contribution in [1.29, 1.82) is 0 Å². The van der Waals surface area contributed by atoms with Gasteiger partial charge in [-0.25, -0.2) is 4.98 Å². The molecule has 2 heterocycles. The van der Waals surface area contributed by atoms with E-state index in [4.69, 9.17) is 0 Å². The van der Waals surface area contributed by atoms with E-state index >= 15 is 0 Å². The number of hydrogen-bond donors (Lipinski definition) is 2. The first-order valence-corrected chi connectivity index (χ1v) is 6.75. The van der Waals surface area contributed by atoms with Gasteiger partial charge in [-0.1, -0.05) is 26.8 Å². The number of aromatic amines is 1. The van der Waals surface area contributed by atoms with Gasteiger partial charge in [0.15, 0.2) is 0 Å². The largest absolute Gasteiger partial charge is 0.344 e. The lowest BCUT2D eigenvalue weighted by Crippen LogP contribution is -2.25. The summed E-state index contributed by atoms with van der Waals surface area (Å²) in [5.41, 5.74) is 2.01. The smallest absolute Gasteiger partial charge is 0.291 e. The third kappa shape index (κ3) is 3.20. The van der Waals surface area contributed by atoms with Gasteiger partial charge in [-0.3, -0.25) is 14.9 Å². The summed E-state index contributed by atoms with van der Waals surface area (Å²) in [5, 5.41) is 9.49. The molecule has 6 nitrogen and oxygen atoms in total. The molecule has 0 saturated carbocycles. The quantitative estimate of drug-likeness (QED) is 0.870. The number of carbonyl (C=O) groups is 1. The van der Waals surface area contributed by atoms with E-state index in [-0.39, 0.29) is 17.6 Å². The summed E-state index contributed by atoms with van der Waals surface area (Å²) in [4.78, 5) is 20.4. The summed E-state index contributed by atoms with van der Waals surface area (Å²) in [7, 11) is 0. The highest BCUT2D eigenvalue weighted by atomic mass is 16.2. The van der Waals surface area contributed by atoms with E-state index in [2.05, 4.69) is 32.4 Å². The van der Waals surface area contributed by atoms with Crippen LogP contribution in [0.4, 0.5) is 0 Å². The molecule has 0 aliphatic rings. The van der Waals surface area contributed by atoms with Crippen molar-refractivity contribution in [3.63, 3.8) is 0 Å². The fraction of sp³-hybridized carbons (Fsp3) is 0.429. The standard InChI is InChI=1S/C14H19N5O/c1-4-10-6-5-7-15-11(10)8-16-14(20)13-17-12(9(2)3)18-19-13/h5-7,9H,4,8H2,1-3H3,(H,16,20)(H,17,18,19). The highest BCUT2D eigenvalue weighted by Gasteiger charge is 2.14. The first kappa shape index (κ1) is 14.2. The lowest BCUT2D eigenvalue weighted by molar-refractivity contribution is 0.0940. The van der Waals surface area contributed by atoms with E-state index in [9.17, 15) is 4.79 Å². The molecular formula is C14H19N5O. The Bertz CT molecular complexity index is 591. The van der Waals surface area contributed by atoms with Crippen LogP contribution in [0.2, 0.25) is 0 Å². The molecule has 2 aromatic rings. The molecule has 0 radical (unpaired) electrons. The second-order valence-electron chi connectivity index (χ2n) is 4.84. The van der Waals surface area contributed by atoms with Gasteiger partial charge >= 0.3 is 0 Å². The van der Waals surface area contributed by atoms with Gasteiger partial charge in [0.25, 0.3) is 5.91 Å². The summed E-state index contributed by atoms with van der Waals surface area (Å²) >= 11 is 0. The van der Waals surface area contributed by atoms with Crippen molar-refractivity contribution >= 4 is 5.91 Å². The van der Waals surface area contributed by atoms with Gasteiger partial charge in [-0.2, -0.15) is 0 Å². The number of hydrogen-bond acceptors (Lipinski definition) is 4. The molecule has 0 bridgehead atoms. The molecule has 0 aromatic carbocycles. The predicted molar refractivity (Wildman–Crippen MR) is 75.3 cm³/mol. The van der Waals surface area contributed by atoms with E-state index in [1.54, 1.807) is 6.20 Å². The number of pyridine rings is 1. The number of H-pyrrole nitrogens is 1. The van der Waals surface area contributed by atoms with E-state index in [0.29, 0.717) is 12.4 Å². The normalized spacial score (nSPS) is 10.8. The van der Waals surface area contributed by atoms with Crippen LogP contribution in [0.1, 0.15) is 54.4 Å². The molecule has 0 saturated heterocycles. The molecular weight excluding hydrogens is 254 g/mol. The van der Waals surface area contributed by atoms with Crippen LogP contribution in [0.3, 0.4) is 0 Å². The Labute approximate surface area is 118 Å². The summed E-state index contributed by atoms with van der Waals surface area (Å²) in [6.07, 6.45) is 2.61. The van der Waals surface area contributed by atoms with Crippen LogP contribution in [0.15, 0.2) is 18.3 Å². The van der Waals surface area contributed by atoms with Gasteiger partial charge in [0.05, 0.1) is 12.2 Å². The van der Waals surface area contributed by atoms with E-state index in [1.807, 2.05) is 26.0 Å². The molecule has 0 unspecified atom stereocenters. The third-order valence-electron chi connectivity index (χ3n) is 3.03. The van der Waals surface area contributed by atoms with Crippen molar-refractivity contribution in [1.82, 2.24) is 25.5 Å². The van der Waals surface area contributed by atoms with Gasteiger partial charge in [0.2, 0.25) is 5.82 Å². The van der Waals surface area contributed by atoms with Crippen LogP contribution >= 0.6 is 0 Å². The van der Waals surface area contributed by atoms with E-state index in [1.165, 1.54) is 0 Å². The first-order chi connectivity index (χ1) is 9.61. The monoisotopic (exact) mass is 273 g/mol. The SMILES string of the molecule is CCc1cccnc1CNC(=O)c1n[nH]c(C(C)C)n1. The minimum absolute atomic E-state index is 0.169. The zero-order valence-corrected chi connectivity index (χ0v) is 12.0. The second kappa shape index (κ2) is 6.27. The number of nitrogens with zero attached hydrogens (tertiary/aromatic N) is 3. The zero-order valence-electron chi connectivity index (χ0n) is 12.0. The molecule has 0 fully saturated rings. The number of rotatable bonds is 5. The average molecular weight is 273 g/mol. The molecule has 1 amide bonds. The zero-order chi connectivity index (χ0) is 14.5. The Morgan fingerprint density at radius 3 is 2.90 bits per heavy atom. The van der Waals surface area contributed by atoms with Crippen molar-refractivity contribution in [2.24, 2.45) is 0 Å². The Hall–Kier alpha value is -2.24. The molecule has 106 valence electrons.